The van der Waals surface area contributed by atoms with E-state index in [0.717, 1.165) is 46.2 Å². The first-order chi connectivity index (χ1) is 14.5. The number of hydrogen-bond donors (Lipinski definition) is 3. The number of phenols is 1. The van der Waals surface area contributed by atoms with E-state index in [0.29, 0.717) is 28.8 Å². The predicted octanol–water partition coefficient (Wildman–Crippen LogP) is 4.46. The SMILES string of the molecule is Cc1ccc(O)c(C)c1-c1cnc2[nH]c(-c3cnc(NC4CC4)nc3)cc2c1C#N. The minimum atomic E-state index is 0.200. The quantitative estimate of drug-likeness (QED) is 0.470. The molecule has 0 amide bonds. The summed E-state index contributed by atoms with van der Waals surface area (Å²) in [4.78, 5) is 16.6. The van der Waals surface area contributed by atoms with E-state index in [1.54, 1.807) is 24.7 Å². The summed E-state index contributed by atoms with van der Waals surface area (Å²) in [6, 6.07) is 8.25. The number of phenolic OH excluding ortho intramolecular Hbond substituents is 1. The Morgan fingerprint density at radius 2 is 1.90 bits per heavy atom. The minimum absolute atomic E-state index is 0.200. The molecule has 148 valence electrons. The molecule has 30 heavy (non-hydrogen) atoms. The summed E-state index contributed by atoms with van der Waals surface area (Å²) < 4.78 is 0. The van der Waals surface area contributed by atoms with Gasteiger partial charge in [0.25, 0.3) is 0 Å². The maximum atomic E-state index is 10.2. The third-order valence-electron chi connectivity index (χ3n) is 5.56. The van der Waals surface area contributed by atoms with Crippen molar-refractivity contribution in [3.05, 3.63) is 53.5 Å². The van der Waals surface area contributed by atoms with Crippen LogP contribution in [0.25, 0.3) is 33.4 Å². The number of pyridine rings is 1. The number of aromatic amines is 1. The lowest BCUT2D eigenvalue weighted by atomic mass is 9.92. The normalized spacial score (nSPS) is 13.4. The molecule has 0 spiro atoms. The third kappa shape index (κ3) is 3.03. The van der Waals surface area contributed by atoms with Crippen LogP contribution in [-0.2, 0) is 0 Å². The van der Waals surface area contributed by atoms with Crippen LogP contribution in [0.3, 0.4) is 0 Å². The van der Waals surface area contributed by atoms with Crippen LogP contribution in [0.15, 0.2) is 36.8 Å². The van der Waals surface area contributed by atoms with Gasteiger partial charge in [0.1, 0.15) is 17.5 Å². The Bertz CT molecular complexity index is 1310. The summed E-state index contributed by atoms with van der Waals surface area (Å²) in [6.45, 7) is 3.81. The predicted molar refractivity (Wildman–Crippen MR) is 115 cm³/mol. The van der Waals surface area contributed by atoms with Crippen LogP contribution >= 0.6 is 0 Å². The summed E-state index contributed by atoms with van der Waals surface area (Å²) >= 11 is 0. The van der Waals surface area contributed by atoms with Crippen molar-refractivity contribution in [2.24, 2.45) is 0 Å². The molecule has 7 nitrogen and oxygen atoms in total. The maximum Gasteiger partial charge on any atom is 0.222 e. The molecule has 1 aliphatic rings. The molecule has 3 N–H and O–H groups in total. The maximum absolute atomic E-state index is 10.2. The molecule has 0 bridgehead atoms. The summed E-state index contributed by atoms with van der Waals surface area (Å²) in [6.07, 6.45) is 7.54. The highest BCUT2D eigenvalue weighted by molar-refractivity contribution is 5.94. The zero-order chi connectivity index (χ0) is 20.8. The summed E-state index contributed by atoms with van der Waals surface area (Å²) in [5, 5.41) is 24.1. The number of nitrogens with one attached hydrogen (secondary N) is 2. The van der Waals surface area contributed by atoms with Crippen LogP contribution in [0.4, 0.5) is 5.95 Å². The molecule has 1 saturated carbocycles. The van der Waals surface area contributed by atoms with Gasteiger partial charge in [0.2, 0.25) is 5.95 Å². The van der Waals surface area contributed by atoms with Crippen LogP contribution in [0.5, 0.6) is 5.75 Å². The van der Waals surface area contributed by atoms with Crippen molar-refractivity contribution in [3.8, 4) is 34.2 Å². The smallest absolute Gasteiger partial charge is 0.222 e. The Morgan fingerprint density at radius 1 is 1.13 bits per heavy atom. The number of nitriles is 1. The molecule has 1 fully saturated rings. The van der Waals surface area contributed by atoms with Gasteiger partial charge in [0.05, 0.1) is 11.3 Å². The van der Waals surface area contributed by atoms with Crippen molar-refractivity contribution in [1.82, 2.24) is 19.9 Å². The number of rotatable bonds is 4. The van der Waals surface area contributed by atoms with Gasteiger partial charge in [-0.2, -0.15) is 5.26 Å². The van der Waals surface area contributed by atoms with E-state index in [-0.39, 0.29) is 5.75 Å². The second-order valence-corrected chi connectivity index (χ2v) is 7.72. The Morgan fingerprint density at radius 3 is 2.60 bits per heavy atom. The molecular formula is C23H20N6O. The van der Waals surface area contributed by atoms with Crippen LogP contribution in [0.2, 0.25) is 0 Å². The van der Waals surface area contributed by atoms with Gasteiger partial charge in [-0.3, -0.25) is 0 Å². The van der Waals surface area contributed by atoms with Gasteiger partial charge in [0, 0.05) is 41.1 Å². The Kier molecular flexibility index (Phi) is 4.14. The van der Waals surface area contributed by atoms with Crippen molar-refractivity contribution < 1.29 is 5.11 Å². The molecule has 1 aliphatic carbocycles. The van der Waals surface area contributed by atoms with Crippen LogP contribution in [0, 0.1) is 25.2 Å². The lowest BCUT2D eigenvalue weighted by Gasteiger charge is -2.13. The van der Waals surface area contributed by atoms with Crippen LogP contribution in [0.1, 0.15) is 29.5 Å². The highest BCUT2D eigenvalue weighted by atomic mass is 16.3. The number of H-pyrrole nitrogens is 1. The Labute approximate surface area is 173 Å². The number of anilines is 1. The number of benzene rings is 1. The standard InChI is InChI=1S/C23H20N6O/c1-12-3-6-20(30)13(2)21(12)18-11-25-22-16(17(18)8-24)7-19(29-22)14-9-26-23(27-10-14)28-15-4-5-15/h3,6-7,9-11,15,30H,4-5H2,1-2H3,(H,25,29)(H,26,27,28). The number of aromatic hydroxyl groups is 1. The van der Waals surface area contributed by atoms with Gasteiger partial charge in [-0.05, 0) is 55.5 Å². The molecule has 7 heteroatoms. The van der Waals surface area contributed by atoms with Crippen LogP contribution in [-0.4, -0.2) is 31.1 Å². The highest BCUT2D eigenvalue weighted by Gasteiger charge is 2.22. The molecule has 0 radical (unpaired) electrons. The summed E-state index contributed by atoms with van der Waals surface area (Å²) in [5.41, 5.74) is 6.02. The number of hydrogen-bond acceptors (Lipinski definition) is 6. The van der Waals surface area contributed by atoms with E-state index in [9.17, 15) is 10.4 Å². The van der Waals surface area contributed by atoms with Gasteiger partial charge < -0.3 is 15.4 Å². The first-order valence-electron chi connectivity index (χ1n) is 9.85. The second kappa shape index (κ2) is 6.85. The average Bonchev–Trinajstić information content (AvgIpc) is 3.46. The molecule has 4 aromatic rings. The number of fused-ring (bicyclic) bond motifs is 1. The Hall–Kier alpha value is -3.92. The van der Waals surface area contributed by atoms with Crippen molar-refractivity contribution >= 4 is 17.0 Å². The van der Waals surface area contributed by atoms with Crippen molar-refractivity contribution in [2.45, 2.75) is 32.7 Å². The zero-order valence-electron chi connectivity index (χ0n) is 16.7. The van der Waals surface area contributed by atoms with Crippen molar-refractivity contribution in [1.29, 1.82) is 5.26 Å². The molecule has 3 heterocycles. The molecule has 5 rings (SSSR count). The zero-order valence-corrected chi connectivity index (χ0v) is 16.7. The summed E-state index contributed by atoms with van der Waals surface area (Å²) in [5.74, 6) is 0.830. The van der Waals surface area contributed by atoms with Crippen molar-refractivity contribution in [3.63, 3.8) is 0 Å². The highest BCUT2D eigenvalue weighted by Crippen LogP contribution is 2.37. The first kappa shape index (κ1) is 18.1. The van der Waals surface area contributed by atoms with E-state index in [4.69, 9.17) is 0 Å². The average molecular weight is 396 g/mol. The lowest BCUT2D eigenvalue weighted by Crippen LogP contribution is -2.04. The number of aryl methyl sites for hydroxylation is 1. The monoisotopic (exact) mass is 396 g/mol. The summed E-state index contributed by atoms with van der Waals surface area (Å²) in [7, 11) is 0. The van der Waals surface area contributed by atoms with E-state index in [2.05, 4.69) is 31.3 Å². The van der Waals surface area contributed by atoms with E-state index >= 15 is 0 Å². The van der Waals surface area contributed by atoms with E-state index in [1.165, 1.54) is 0 Å². The minimum Gasteiger partial charge on any atom is -0.508 e. The lowest BCUT2D eigenvalue weighted by molar-refractivity contribution is 0.471. The molecule has 0 unspecified atom stereocenters. The van der Waals surface area contributed by atoms with Gasteiger partial charge in [-0.25, -0.2) is 15.0 Å². The van der Waals surface area contributed by atoms with Gasteiger partial charge in [-0.15, -0.1) is 0 Å². The molecule has 0 saturated heterocycles. The van der Waals surface area contributed by atoms with Crippen molar-refractivity contribution in [2.75, 3.05) is 5.32 Å². The molecule has 0 atom stereocenters. The molecule has 3 aromatic heterocycles. The second-order valence-electron chi connectivity index (χ2n) is 7.72. The molecular weight excluding hydrogens is 376 g/mol. The van der Waals surface area contributed by atoms with E-state index < -0.39 is 0 Å². The number of nitrogens with zero attached hydrogens (tertiary/aromatic N) is 4. The third-order valence-corrected chi connectivity index (χ3v) is 5.56. The topological polar surface area (TPSA) is 111 Å². The largest absolute Gasteiger partial charge is 0.508 e. The fourth-order valence-electron chi connectivity index (χ4n) is 3.74. The first-order valence-corrected chi connectivity index (χ1v) is 9.85. The van der Waals surface area contributed by atoms with E-state index in [1.807, 2.05) is 26.0 Å². The molecule has 1 aromatic carbocycles. The van der Waals surface area contributed by atoms with Gasteiger partial charge in [-0.1, -0.05) is 6.07 Å². The Balaban J connectivity index is 1.60. The van der Waals surface area contributed by atoms with Gasteiger partial charge >= 0.3 is 0 Å². The molecule has 0 aliphatic heterocycles. The number of aromatic nitrogens is 4. The fraction of sp³-hybridized carbons (Fsp3) is 0.217. The van der Waals surface area contributed by atoms with Gasteiger partial charge in [0.15, 0.2) is 0 Å². The fourth-order valence-corrected chi connectivity index (χ4v) is 3.74. The van der Waals surface area contributed by atoms with Crippen LogP contribution < -0.4 is 5.32 Å².